The van der Waals surface area contributed by atoms with Crippen LogP contribution in [0, 0.1) is 10.9 Å². The molecule has 1 aromatic carbocycles. The van der Waals surface area contributed by atoms with Crippen LogP contribution in [0.2, 0.25) is 0 Å². The Morgan fingerprint density at radius 2 is 2.30 bits per heavy atom. The lowest BCUT2D eigenvalue weighted by Gasteiger charge is -2.27. The molecule has 1 aromatic heterocycles. The second-order valence-electron chi connectivity index (χ2n) is 6.00. The number of aromatic nitrogens is 1. The first-order chi connectivity index (χ1) is 11.0. The third kappa shape index (κ3) is 3.82. The van der Waals surface area contributed by atoms with Crippen molar-refractivity contribution in [2.75, 3.05) is 18.5 Å². The fraction of sp³-hybridized carbons (Fsp3) is 0.412. The minimum Gasteiger partial charge on any atom is -0.374 e. The normalized spacial score (nSPS) is 13.7. The van der Waals surface area contributed by atoms with E-state index in [1.807, 2.05) is 6.92 Å². The Balaban J connectivity index is 1.61. The molecule has 0 saturated carbocycles. The summed E-state index contributed by atoms with van der Waals surface area (Å²) in [6.45, 7) is 3.64. The summed E-state index contributed by atoms with van der Waals surface area (Å²) in [5.41, 5.74) is 4.84. The lowest BCUT2D eigenvalue weighted by molar-refractivity contribution is -0.120. The van der Waals surface area contributed by atoms with Crippen molar-refractivity contribution < 1.29 is 4.79 Å². The fourth-order valence-corrected chi connectivity index (χ4v) is 4.25. The number of anilines is 1. The molecule has 0 aliphatic carbocycles. The largest absolute Gasteiger partial charge is 0.374 e. The Kier molecular flexibility index (Phi) is 4.82. The summed E-state index contributed by atoms with van der Waals surface area (Å²) in [7, 11) is 2.13. The van der Waals surface area contributed by atoms with E-state index in [4.69, 9.17) is 12.2 Å². The highest BCUT2D eigenvalue weighted by Crippen LogP contribution is 2.26. The van der Waals surface area contributed by atoms with Crippen molar-refractivity contribution in [3.05, 3.63) is 43.9 Å². The van der Waals surface area contributed by atoms with E-state index in [1.165, 1.54) is 29.0 Å². The number of hydrogen-bond donors (Lipinski definition) is 2. The van der Waals surface area contributed by atoms with Gasteiger partial charge in [0.2, 0.25) is 5.91 Å². The minimum absolute atomic E-state index is 0.0354. The summed E-state index contributed by atoms with van der Waals surface area (Å²) >= 11 is 6.58. The van der Waals surface area contributed by atoms with Gasteiger partial charge in [-0.15, -0.1) is 11.3 Å². The number of carbonyl (C=O) groups is 1. The van der Waals surface area contributed by atoms with E-state index in [9.17, 15) is 4.79 Å². The Hall–Kier alpha value is -1.66. The Morgan fingerprint density at radius 1 is 1.48 bits per heavy atom. The van der Waals surface area contributed by atoms with Crippen molar-refractivity contribution in [1.29, 1.82) is 0 Å². The van der Waals surface area contributed by atoms with Crippen molar-refractivity contribution >= 4 is 35.1 Å². The molecule has 122 valence electrons. The second kappa shape index (κ2) is 6.84. The van der Waals surface area contributed by atoms with E-state index in [0.717, 1.165) is 33.1 Å². The Morgan fingerprint density at radius 3 is 3.04 bits per heavy atom. The molecule has 0 unspecified atom stereocenters. The molecule has 3 rings (SSSR count). The average molecular weight is 348 g/mol. The molecule has 0 bridgehead atoms. The Bertz CT molecular complexity index is 778. The van der Waals surface area contributed by atoms with Crippen LogP contribution >= 0.6 is 23.6 Å². The minimum atomic E-state index is 0.0354. The summed E-state index contributed by atoms with van der Waals surface area (Å²) in [6.07, 6.45) is 2.70. The molecule has 2 heterocycles. The lowest BCUT2D eigenvalue weighted by atomic mass is 9.99. The van der Waals surface area contributed by atoms with Crippen molar-refractivity contribution in [2.24, 2.45) is 0 Å². The Labute approximate surface area is 145 Å². The fourth-order valence-electron chi connectivity index (χ4n) is 2.96. The number of amides is 1. The van der Waals surface area contributed by atoms with Gasteiger partial charge >= 0.3 is 0 Å². The molecule has 0 saturated heterocycles. The van der Waals surface area contributed by atoms with Crippen LogP contribution < -0.4 is 10.2 Å². The van der Waals surface area contributed by atoms with Crippen molar-refractivity contribution in [3.8, 4) is 0 Å². The van der Waals surface area contributed by atoms with E-state index >= 15 is 0 Å². The molecule has 2 N–H and O–H groups in total. The van der Waals surface area contributed by atoms with Gasteiger partial charge in [-0.25, -0.2) is 0 Å². The number of carbonyl (C=O) groups excluding carboxylic acids is 1. The summed E-state index contributed by atoms with van der Waals surface area (Å²) in [5.74, 6) is 0.0354. The standard InChI is InChI=1S/C17H21N3OS2/c1-11-15(23-17(22)19-11)9-16(21)18-10-12-5-6-14-13(8-12)4-3-7-20(14)2/h5-6,8H,3-4,7,9-10H2,1-2H3,(H,18,21)(H,19,22). The molecule has 1 aliphatic heterocycles. The highest BCUT2D eigenvalue weighted by atomic mass is 32.1. The second-order valence-corrected chi connectivity index (χ2v) is 7.78. The van der Waals surface area contributed by atoms with Crippen LogP contribution in [0.1, 0.15) is 28.1 Å². The number of aryl methyl sites for hydroxylation is 2. The SMILES string of the molecule is Cc1[nH]c(=S)sc1CC(=O)NCc1ccc2c(c1)CCCN2C. The van der Waals surface area contributed by atoms with Crippen LogP contribution in [-0.2, 0) is 24.2 Å². The predicted molar refractivity (Wildman–Crippen MR) is 97.8 cm³/mol. The highest BCUT2D eigenvalue weighted by molar-refractivity contribution is 7.73. The molecule has 6 heteroatoms. The summed E-state index contributed by atoms with van der Waals surface area (Å²) in [4.78, 5) is 18.5. The number of benzene rings is 1. The molecular formula is C17H21N3OS2. The van der Waals surface area contributed by atoms with Gasteiger partial charge in [-0.2, -0.15) is 0 Å². The van der Waals surface area contributed by atoms with Gasteiger partial charge in [-0.3, -0.25) is 4.79 Å². The molecule has 1 amide bonds. The van der Waals surface area contributed by atoms with Crippen LogP contribution in [0.5, 0.6) is 0 Å². The van der Waals surface area contributed by atoms with Crippen LogP contribution in [0.4, 0.5) is 5.69 Å². The molecule has 0 atom stereocenters. The molecule has 0 spiro atoms. The number of hydrogen-bond acceptors (Lipinski definition) is 4. The van der Waals surface area contributed by atoms with Gasteiger partial charge in [-0.1, -0.05) is 12.1 Å². The molecule has 2 aromatic rings. The zero-order chi connectivity index (χ0) is 16.4. The maximum absolute atomic E-state index is 12.1. The van der Waals surface area contributed by atoms with Crippen molar-refractivity contribution in [3.63, 3.8) is 0 Å². The topological polar surface area (TPSA) is 48.1 Å². The van der Waals surface area contributed by atoms with Gasteiger partial charge < -0.3 is 15.2 Å². The lowest BCUT2D eigenvalue weighted by Crippen LogP contribution is -2.26. The third-order valence-corrected chi connectivity index (χ3v) is 5.57. The number of nitrogens with one attached hydrogen (secondary N) is 2. The maximum atomic E-state index is 12.1. The van der Waals surface area contributed by atoms with Gasteiger partial charge in [-0.05, 0) is 49.2 Å². The van der Waals surface area contributed by atoms with Gasteiger partial charge in [0.05, 0.1) is 6.42 Å². The number of rotatable bonds is 4. The first-order valence-corrected chi connectivity index (χ1v) is 9.03. The molecule has 0 radical (unpaired) electrons. The zero-order valence-electron chi connectivity index (χ0n) is 13.4. The third-order valence-electron chi connectivity index (χ3n) is 4.23. The van der Waals surface area contributed by atoms with Crippen molar-refractivity contribution in [1.82, 2.24) is 10.3 Å². The van der Waals surface area contributed by atoms with Gasteiger partial charge in [0.15, 0.2) is 3.95 Å². The average Bonchev–Trinajstić information content (AvgIpc) is 2.83. The summed E-state index contributed by atoms with van der Waals surface area (Å²) in [6, 6.07) is 6.49. The van der Waals surface area contributed by atoms with E-state index < -0.39 is 0 Å². The monoisotopic (exact) mass is 347 g/mol. The smallest absolute Gasteiger partial charge is 0.225 e. The van der Waals surface area contributed by atoms with Gasteiger partial charge in [0.25, 0.3) is 0 Å². The summed E-state index contributed by atoms with van der Waals surface area (Å²) in [5, 5.41) is 3.01. The number of H-pyrrole nitrogens is 1. The number of nitrogens with zero attached hydrogens (tertiary/aromatic N) is 1. The number of thiazole rings is 1. The number of fused-ring (bicyclic) bond motifs is 1. The van der Waals surface area contributed by atoms with Crippen molar-refractivity contribution in [2.45, 2.75) is 32.7 Å². The van der Waals surface area contributed by atoms with Crippen LogP contribution in [0.25, 0.3) is 0 Å². The van der Waals surface area contributed by atoms with E-state index in [-0.39, 0.29) is 5.91 Å². The first-order valence-electron chi connectivity index (χ1n) is 7.81. The predicted octanol–water partition coefficient (Wildman–Crippen LogP) is 3.36. The van der Waals surface area contributed by atoms with E-state index in [0.29, 0.717) is 13.0 Å². The van der Waals surface area contributed by atoms with Crippen LogP contribution in [-0.4, -0.2) is 24.5 Å². The van der Waals surface area contributed by atoms with E-state index in [1.54, 1.807) is 0 Å². The molecular weight excluding hydrogens is 326 g/mol. The van der Waals surface area contributed by atoms with Crippen LogP contribution in [0.3, 0.4) is 0 Å². The quantitative estimate of drug-likeness (QED) is 0.834. The maximum Gasteiger partial charge on any atom is 0.225 e. The molecule has 23 heavy (non-hydrogen) atoms. The molecule has 1 aliphatic rings. The molecule has 4 nitrogen and oxygen atoms in total. The summed E-state index contributed by atoms with van der Waals surface area (Å²) < 4.78 is 0.726. The zero-order valence-corrected chi connectivity index (χ0v) is 15.1. The van der Waals surface area contributed by atoms with Gasteiger partial charge in [0, 0.05) is 36.4 Å². The van der Waals surface area contributed by atoms with Crippen LogP contribution in [0.15, 0.2) is 18.2 Å². The van der Waals surface area contributed by atoms with E-state index in [2.05, 4.69) is 40.4 Å². The first kappa shape index (κ1) is 16.2. The highest BCUT2D eigenvalue weighted by Gasteiger charge is 2.14. The molecule has 0 fully saturated rings. The van der Waals surface area contributed by atoms with Gasteiger partial charge in [0.1, 0.15) is 0 Å². The number of aromatic amines is 1.